The first-order valence-electron chi connectivity index (χ1n) is 6.54. The summed E-state index contributed by atoms with van der Waals surface area (Å²) in [6.07, 6.45) is 1.72. The zero-order valence-corrected chi connectivity index (χ0v) is 11.5. The van der Waals surface area contributed by atoms with Crippen LogP contribution >= 0.6 is 0 Å². The minimum absolute atomic E-state index is 0.242. The molecule has 0 aliphatic carbocycles. The molecule has 0 aliphatic heterocycles. The predicted octanol–water partition coefficient (Wildman–Crippen LogP) is 3.51. The number of pyridine rings is 1. The van der Waals surface area contributed by atoms with Gasteiger partial charge in [0.05, 0.1) is 11.9 Å². The van der Waals surface area contributed by atoms with Gasteiger partial charge in [0.15, 0.2) is 0 Å². The minimum atomic E-state index is -1.23. The molecule has 20 heavy (non-hydrogen) atoms. The van der Waals surface area contributed by atoms with Crippen LogP contribution in [-0.2, 0) is 12.0 Å². The number of hydrogen-bond donors (Lipinski definition) is 1. The second-order valence-corrected chi connectivity index (χ2v) is 4.99. The third-order valence-corrected chi connectivity index (χ3v) is 3.58. The van der Waals surface area contributed by atoms with Crippen molar-refractivity contribution in [2.24, 2.45) is 0 Å². The van der Waals surface area contributed by atoms with Crippen LogP contribution in [0.5, 0.6) is 0 Å². The van der Waals surface area contributed by atoms with Crippen LogP contribution in [0, 0.1) is 18.6 Å². The molecule has 2 aromatic rings. The first-order valence-corrected chi connectivity index (χ1v) is 6.54. The lowest BCUT2D eigenvalue weighted by atomic mass is 9.87. The Kier molecular flexibility index (Phi) is 4.14. The van der Waals surface area contributed by atoms with Crippen LogP contribution in [0.4, 0.5) is 8.78 Å². The normalized spacial score (nSPS) is 14.1. The van der Waals surface area contributed by atoms with Crippen LogP contribution in [-0.4, -0.2) is 10.1 Å². The molecule has 0 fully saturated rings. The molecule has 0 bridgehead atoms. The fourth-order valence-electron chi connectivity index (χ4n) is 2.19. The molecule has 1 N–H and O–H groups in total. The highest BCUT2D eigenvalue weighted by Gasteiger charge is 2.29. The fraction of sp³-hybridized carbons (Fsp3) is 0.312. The van der Waals surface area contributed by atoms with Crippen LogP contribution in [0.2, 0.25) is 0 Å². The molecule has 4 heteroatoms. The van der Waals surface area contributed by atoms with Gasteiger partial charge in [0.2, 0.25) is 0 Å². The Morgan fingerprint density at radius 2 is 1.85 bits per heavy atom. The van der Waals surface area contributed by atoms with E-state index >= 15 is 0 Å². The van der Waals surface area contributed by atoms with E-state index in [0.29, 0.717) is 12.1 Å². The van der Waals surface area contributed by atoms with Crippen molar-refractivity contribution in [1.29, 1.82) is 0 Å². The zero-order valence-electron chi connectivity index (χ0n) is 11.5. The Balaban J connectivity index is 2.36. The van der Waals surface area contributed by atoms with Gasteiger partial charge in [-0.1, -0.05) is 13.0 Å². The van der Waals surface area contributed by atoms with Gasteiger partial charge in [-0.25, -0.2) is 8.78 Å². The summed E-state index contributed by atoms with van der Waals surface area (Å²) >= 11 is 0. The highest BCUT2D eigenvalue weighted by Crippen LogP contribution is 2.29. The smallest absolute Gasteiger partial charge is 0.141 e. The Hall–Kier alpha value is -1.81. The van der Waals surface area contributed by atoms with Gasteiger partial charge in [-0.2, -0.15) is 0 Å². The molecule has 0 spiro atoms. The summed E-state index contributed by atoms with van der Waals surface area (Å²) in [6.45, 7) is 3.68. The predicted molar refractivity (Wildman–Crippen MR) is 73.2 cm³/mol. The van der Waals surface area contributed by atoms with Crippen LogP contribution < -0.4 is 0 Å². The Morgan fingerprint density at radius 1 is 1.15 bits per heavy atom. The number of hydrogen-bond acceptors (Lipinski definition) is 2. The maximum atomic E-state index is 13.3. The number of aliphatic hydroxyl groups is 1. The third kappa shape index (κ3) is 3.02. The Labute approximate surface area is 117 Å². The number of halogens is 2. The summed E-state index contributed by atoms with van der Waals surface area (Å²) in [4.78, 5) is 3.95. The van der Waals surface area contributed by atoms with Crippen molar-refractivity contribution >= 4 is 0 Å². The highest BCUT2D eigenvalue weighted by molar-refractivity contribution is 5.30. The molecule has 1 aromatic heterocycles. The molecule has 2 nitrogen and oxygen atoms in total. The van der Waals surface area contributed by atoms with Gasteiger partial charge in [-0.05, 0) is 48.7 Å². The third-order valence-electron chi connectivity index (χ3n) is 3.58. The summed E-state index contributed by atoms with van der Waals surface area (Å²) in [6, 6.07) is 7.22. The van der Waals surface area contributed by atoms with E-state index < -0.39 is 11.4 Å². The maximum Gasteiger partial charge on any atom is 0.141 e. The van der Waals surface area contributed by atoms with Gasteiger partial charge in [-0.15, -0.1) is 0 Å². The Morgan fingerprint density at radius 3 is 2.45 bits per heavy atom. The quantitative estimate of drug-likeness (QED) is 0.927. The summed E-state index contributed by atoms with van der Waals surface area (Å²) in [5, 5.41) is 10.7. The number of nitrogens with zero attached hydrogens (tertiary/aromatic N) is 1. The standard InChI is InChI=1S/C16H17F2NO/c1-3-16(20,15-7-6-14(18)10-19-15)9-12-8-13(17)5-4-11(12)2/h4-8,10,20H,3,9H2,1-2H3. The molecule has 0 saturated carbocycles. The molecule has 0 aliphatic rings. The average Bonchev–Trinajstić information content (AvgIpc) is 2.43. The molecule has 0 amide bonds. The molecule has 106 valence electrons. The highest BCUT2D eigenvalue weighted by atomic mass is 19.1. The van der Waals surface area contributed by atoms with Gasteiger partial charge in [0, 0.05) is 6.42 Å². The van der Waals surface area contributed by atoms with E-state index in [4.69, 9.17) is 0 Å². The van der Waals surface area contributed by atoms with Crippen molar-refractivity contribution in [3.63, 3.8) is 0 Å². The molecule has 2 rings (SSSR count). The first kappa shape index (κ1) is 14.6. The van der Waals surface area contributed by atoms with E-state index in [-0.39, 0.29) is 12.2 Å². The van der Waals surface area contributed by atoms with E-state index in [1.54, 1.807) is 6.07 Å². The zero-order chi connectivity index (χ0) is 14.8. The molecule has 0 saturated heterocycles. The van der Waals surface area contributed by atoms with Crippen LogP contribution in [0.15, 0.2) is 36.5 Å². The van der Waals surface area contributed by atoms with Gasteiger partial charge in [-0.3, -0.25) is 4.98 Å². The SMILES string of the molecule is CCC(O)(Cc1cc(F)ccc1C)c1ccc(F)cn1. The topological polar surface area (TPSA) is 33.1 Å². The number of rotatable bonds is 4. The minimum Gasteiger partial charge on any atom is -0.383 e. The lowest BCUT2D eigenvalue weighted by Gasteiger charge is -2.27. The molecule has 1 atom stereocenters. The van der Waals surface area contributed by atoms with Crippen molar-refractivity contribution in [2.75, 3.05) is 0 Å². The first-order chi connectivity index (χ1) is 9.44. The van der Waals surface area contributed by atoms with Gasteiger partial charge < -0.3 is 5.11 Å². The van der Waals surface area contributed by atoms with Crippen molar-refractivity contribution in [2.45, 2.75) is 32.3 Å². The summed E-state index contributed by atoms with van der Waals surface area (Å²) in [5.74, 6) is -0.787. The Bertz CT molecular complexity index is 598. The summed E-state index contributed by atoms with van der Waals surface area (Å²) in [5.41, 5.74) is 0.789. The van der Waals surface area contributed by atoms with E-state index in [2.05, 4.69) is 4.98 Å². The van der Waals surface area contributed by atoms with Crippen LogP contribution in [0.3, 0.4) is 0 Å². The van der Waals surface area contributed by atoms with Gasteiger partial charge >= 0.3 is 0 Å². The number of aryl methyl sites for hydroxylation is 1. The largest absolute Gasteiger partial charge is 0.383 e. The monoisotopic (exact) mass is 277 g/mol. The van der Waals surface area contributed by atoms with Gasteiger partial charge in [0.1, 0.15) is 17.2 Å². The van der Waals surface area contributed by atoms with Crippen LogP contribution in [0.25, 0.3) is 0 Å². The number of aromatic nitrogens is 1. The lowest BCUT2D eigenvalue weighted by Crippen LogP contribution is -2.29. The second-order valence-electron chi connectivity index (χ2n) is 4.99. The fourth-order valence-corrected chi connectivity index (χ4v) is 2.19. The van der Waals surface area contributed by atoms with Gasteiger partial charge in [0.25, 0.3) is 0 Å². The number of benzene rings is 1. The average molecular weight is 277 g/mol. The summed E-state index contributed by atoms with van der Waals surface area (Å²) < 4.78 is 26.3. The van der Waals surface area contributed by atoms with Crippen molar-refractivity contribution in [1.82, 2.24) is 4.98 Å². The molecule has 1 aromatic carbocycles. The maximum absolute atomic E-state index is 13.3. The summed E-state index contributed by atoms with van der Waals surface area (Å²) in [7, 11) is 0. The lowest BCUT2D eigenvalue weighted by molar-refractivity contribution is 0.0280. The van der Waals surface area contributed by atoms with E-state index in [1.807, 2.05) is 13.8 Å². The van der Waals surface area contributed by atoms with Crippen LogP contribution in [0.1, 0.15) is 30.2 Å². The van der Waals surface area contributed by atoms with Crippen molar-refractivity contribution in [3.8, 4) is 0 Å². The van der Waals surface area contributed by atoms with E-state index in [0.717, 1.165) is 17.3 Å². The molecular formula is C16H17F2NO. The van der Waals surface area contributed by atoms with E-state index in [9.17, 15) is 13.9 Å². The van der Waals surface area contributed by atoms with Crippen molar-refractivity contribution in [3.05, 3.63) is 65.0 Å². The second kappa shape index (κ2) is 5.67. The molecule has 1 unspecified atom stereocenters. The van der Waals surface area contributed by atoms with E-state index in [1.165, 1.54) is 24.3 Å². The molecule has 0 radical (unpaired) electrons. The van der Waals surface area contributed by atoms with Crippen molar-refractivity contribution < 1.29 is 13.9 Å². The molecule has 1 heterocycles. The molecular weight excluding hydrogens is 260 g/mol.